The van der Waals surface area contributed by atoms with Crippen LogP contribution in [0, 0.1) is 11.3 Å². The van der Waals surface area contributed by atoms with Crippen molar-refractivity contribution in [1.82, 2.24) is 4.31 Å². The summed E-state index contributed by atoms with van der Waals surface area (Å²) >= 11 is 0. The summed E-state index contributed by atoms with van der Waals surface area (Å²) in [6, 6.07) is 0. The van der Waals surface area contributed by atoms with E-state index in [1.807, 2.05) is 0 Å². The molecule has 124 valence electrons. The molecule has 0 spiro atoms. The summed E-state index contributed by atoms with van der Waals surface area (Å²) in [5, 5.41) is 0. The number of hydrogen-bond acceptors (Lipinski definition) is 3. The first kappa shape index (κ1) is 17.2. The highest BCUT2D eigenvalue weighted by Crippen LogP contribution is 2.40. The Balaban J connectivity index is 1.97. The summed E-state index contributed by atoms with van der Waals surface area (Å²) in [5.41, 5.74) is 7.02. The van der Waals surface area contributed by atoms with E-state index in [1.54, 1.807) is 4.31 Å². The summed E-state index contributed by atoms with van der Waals surface area (Å²) in [6.45, 7) is 6.02. The zero-order valence-corrected chi connectivity index (χ0v) is 14.7. The number of nitrogens with two attached hydrogens (primary N) is 1. The van der Waals surface area contributed by atoms with E-state index < -0.39 is 10.0 Å². The second-order valence-corrected chi connectivity index (χ2v) is 10.2. The molecule has 2 unspecified atom stereocenters. The smallest absolute Gasteiger partial charge is 0.211 e. The third-order valence-corrected chi connectivity index (χ3v) is 6.74. The lowest BCUT2D eigenvalue weighted by Crippen LogP contribution is -2.46. The molecule has 0 aromatic heterocycles. The molecular formula is C16H32N2O2S. The van der Waals surface area contributed by atoms with Crippen LogP contribution in [0.4, 0.5) is 0 Å². The van der Waals surface area contributed by atoms with Gasteiger partial charge in [-0.15, -0.1) is 0 Å². The Labute approximate surface area is 130 Å². The first-order chi connectivity index (χ1) is 9.60. The summed E-state index contributed by atoms with van der Waals surface area (Å²) in [6.07, 6.45) is 10.2. The van der Waals surface area contributed by atoms with Crippen LogP contribution in [0.15, 0.2) is 0 Å². The van der Waals surface area contributed by atoms with Crippen molar-refractivity contribution in [3.8, 4) is 0 Å². The third-order valence-electron chi connectivity index (χ3n) is 5.47. The summed E-state index contributed by atoms with van der Waals surface area (Å²) in [4.78, 5) is 0. The van der Waals surface area contributed by atoms with E-state index in [4.69, 9.17) is 5.73 Å². The topological polar surface area (TPSA) is 63.4 Å². The van der Waals surface area contributed by atoms with E-state index in [2.05, 4.69) is 13.8 Å². The minimum absolute atomic E-state index is 0.0844. The lowest BCUT2D eigenvalue weighted by atomic mass is 9.78. The highest BCUT2D eigenvalue weighted by atomic mass is 32.2. The average Bonchev–Trinajstić information content (AvgIpc) is 2.48. The van der Waals surface area contributed by atoms with Crippen molar-refractivity contribution in [3.05, 3.63) is 0 Å². The molecule has 0 aromatic rings. The average molecular weight is 317 g/mol. The zero-order valence-electron chi connectivity index (χ0n) is 13.9. The normalized spacial score (nSPS) is 35.3. The Hall–Kier alpha value is -0.130. The molecule has 0 bridgehead atoms. The molecule has 5 heteroatoms. The maximum atomic E-state index is 11.7. The number of sulfonamides is 1. The Morgan fingerprint density at radius 3 is 2.52 bits per heavy atom. The third kappa shape index (κ3) is 4.93. The quantitative estimate of drug-likeness (QED) is 0.814. The zero-order chi connectivity index (χ0) is 15.7. The van der Waals surface area contributed by atoms with E-state index in [1.165, 1.54) is 25.5 Å². The van der Waals surface area contributed by atoms with Crippen LogP contribution in [-0.2, 0) is 10.0 Å². The molecule has 2 atom stereocenters. The lowest BCUT2D eigenvalue weighted by molar-refractivity contribution is 0.198. The first-order valence-electron chi connectivity index (χ1n) is 8.34. The molecule has 1 aliphatic heterocycles. The molecule has 1 saturated heterocycles. The Morgan fingerprint density at radius 1 is 1.14 bits per heavy atom. The van der Waals surface area contributed by atoms with Crippen LogP contribution in [-0.4, -0.2) is 37.6 Å². The minimum atomic E-state index is -3.05. The van der Waals surface area contributed by atoms with Gasteiger partial charge in [0, 0.05) is 18.6 Å². The van der Waals surface area contributed by atoms with Crippen LogP contribution < -0.4 is 5.73 Å². The summed E-state index contributed by atoms with van der Waals surface area (Å²) < 4.78 is 25.1. The number of nitrogens with zero attached hydrogens (tertiary/aromatic N) is 1. The first-order valence-corrected chi connectivity index (χ1v) is 10.2. The summed E-state index contributed by atoms with van der Waals surface area (Å²) in [7, 11) is -3.05. The van der Waals surface area contributed by atoms with Gasteiger partial charge in [-0.2, -0.15) is 0 Å². The van der Waals surface area contributed by atoms with Crippen molar-refractivity contribution in [3.63, 3.8) is 0 Å². The lowest BCUT2D eigenvalue weighted by Gasteiger charge is -2.37. The molecule has 0 radical (unpaired) electrons. The minimum Gasteiger partial charge on any atom is -0.325 e. The van der Waals surface area contributed by atoms with Crippen molar-refractivity contribution >= 4 is 10.0 Å². The Bertz CT molecular complexity index is 461. The predicted molar refractivity (Wildman–Crippen MR) is 87.5 cm³/mol. The second-order valence-electron chi connectivity index (χ2n) is 8.21. The highest BCUT2D eigenvalue weighted by molar-refractivity contribution is 7.88. The van der Waals surface area contributed by atoms with Gasteiger partial charge in [-0.25, -0.2) is 12.7 Å². The fourth-order valence-corrected chi connectivity index (χ4v) is 4.97. The van der Waals surface area contributed by atoms with Gasteiger partial charge in [0.05, 0.1) is 6.26 Å². The van der Waals surface area contributed by atoms with Crippen molar-refractivity contribution in [2.24, 2.45) is 17.1 Å². The van der Waals surface area contributed by atoms with Gasteiger partial charge in [0.15, 0.2) is 0 Å². The van der Waals surface area contributed by atoms with E-state index >= 15 is 0 Å². The molecule has 2 N–H and O–H groups in total. The molecule has 1 heterocycles. The Morgan fingerprint density at radius 2 is 1.86 bits per heavy atom. The molecule has 2 aliphatic rings. The van der Waals surface area contributed by atoms with E-state index in [9.17, 15) is 8.42 Å². The number of hydrogen-bond donors (Lipinski definition) is 1. The maximum absolute atomic E-state index is 11.7. The van der Waals surface area contributed by atoms with Crippen molar-refractivity contribution in [1.29, 1.82) is 0 Å². The predicted octanol–water partition coefficient (Wildman–Crippen LogP) is 2.74. The van der Waals surface area contributed by atoms with E-state index in [-0.39, 0.29) is 5.54 Å². The largest absolute Gasteiger partial charge is 0.325 e. The van der Waals surface area contributed by atoms with Crippen LogP contribution in [0.2, 0.25) is 0 Å². The van der Waals surface area contributed by atoms with Gasteiger partial charge >= 0.3 is 0 Å². The van der Waals surface area contributed by atoms with Gasteiger partial charge in [0.2, 0.25) is 10.0 Å². The standard InChI is InChI=1S/C16H32N2O2S/c1-15(2)7-5-8-16(17,10-9-15)12-14-6-4-11-18(13-14)21(3,19)20/h14H,4-13,17H2,1-3H3. The van der Waals surface area contributed by atoms with Crippen molar-refractivity contribution in [2.75, 3.05) is 19.3 Å². The number of rotatable bonds is 3. The molecule has 21 heavy (non-hydrogen) atoms. The van der Waals surface area contributed by atoms with Crippen LogP contribution in [0.3, 0.4) is 0 Å². The van der Waals surface area contributed by atoms with Crippen LogP contribution >= 0.6 is 0 Å². The monoisotopic (exact) mass is 316 g/mol. The molecule has 1 saturated carbocycles. The van der Waals surface area contributed by atoms with Gasteiger partial charge in [-0.05, 0) is 56.3 Å². The molecular weight excluding hydrogens is 284 g/mol. The van der Waals surface area contributed by atoms with Crippen molar-refractivity contribution in [2.45, 2.75) is 70.8 Å². The maximum Gasteiger partial charge on any atom is 0.211 e. The van der Waals surface area contributed by atoms with E-state index in [0.29, 0.717) is 24.4 Å². The van der Waals surface area contributed by atoms with Gasteiger partial charge in [-0.3, -0.25) is 0 Å². The van der Waals surface area contributed by atoms with Gasteiger partial charge in [0.1, 0.15) is 0 Å². The van der Waals surface area contributed by atoms with E-state index in [0.717, 1.165) is 32.1 Å². The van der Waals surface area contributed by atoms with Gasteiger partial charge in [-0.1, -0.05) is 20.3 Å². The molecule has 2 fully saturated rings. The van der Waals surface area contributed by atoms with Gasteiger partial charge in [0.25, 0.3) is 0 Å². The fraction of sp³-hybridized carbons (Fsp3) is 1.00. The molecule has 2 rings (SSSR count). The Kier molecular flexibility index (Phi) is 5.06. The van der Waals surface area contributed by atoms with Gasteiger partial charge < -0.3 is 5.73 Å². The van der Waals surface area contributed by atoms with Crippen molar-refractivity contribution < 1.29 is 8.42 Å². The highest BCUT2D eigenvalue weighted by Gasteiger charge is 2.36. The van der Waals surface area contributed by atoms with Crippen LogP contribution in [0.1, 0.15) is 65.2 Å². The van der Waals surface area contributed by atoms with Crippen LogP contribution in [0.25, 0.3) is 0 Å². The molecule has 4 nitrogen and oxygen atoms in total. The SMILES string of the molecule is CC1(C)CCCC(N)(CC2CCCN(S(C)(=O)=O)C2)CC1. The second kappa shape index (κ2) is 6.17. The van der Waals surface area contributed by atoms with Crippen LogP contribution in [0.5, 0.6) is 0 Å². The molecule has 0 aromatic carbocycles. The molecule has 0 amide bonds. The fourth-order valence-electron chi connectivity index (χ4n) is 4.03. The summed E-state index contributed by atoms with van der Waals surface area (Å²) in [5.74, 6) is 0.430. The molecule has 1 aliphatic carbocycles. The number of piperidine rings is 1.